The molecule has 1 aromatic rings. The number of carbonyl (C=O) groups is 1. The Morgan fingerprint density at radius 2 is 1.90 bits per heavy atom. The van der Waals surface area contributed by atoms with Gasteiger partial charge < -0.3 is 15.1 Å². The van der Waals surface area contributed by atoms with Gasteiger partial charge in [0.05, 0.1) is 26.2 Å². The lowest BCUT2D eigenvalue weighted by molar-refractivity contribution is -0.892. The number of amides is 1. The summed E-state index contributed by atoms with van der Waals surface area (Å²) in [7, 11) is 0. The van der Waals surface area contributed by atoms with Crippen molar-refractivity contribution in [1.29, 1.82) is 0 Å². The summed E-state index contributed by atoms with van der Waals surface area (Å²) in [6.45, 7) is 9.73. The second-order valence-electron chi connectivity index (χ2n) is 5.95. The first-order valence-corrected chi connectivity index (χ1v) is 7.55. The van der Waals surface area contributed by atoms with E-state index in [1.807, 2.05) is 6.07 Å². The molecule has 0 bridgehead atoms. The van der Waals surface area contributed by atoms with Crippen LogP contribution in [0.1, 0.15) is 13.8 Å². The smallest absolute Gasteiger partial charge is 0.275 e. The Kier molecular flexibility index (Phi) is 5.41. The Balaban J connectivity index is 1.73. The molecule has 1 aliphatic rings. The third-order valence-electron chi connectivity index (χ3n) is 3.71. The lowest BCUT2D eigenvalue weighted by Crippen LogP contribution is -3.16. The number of quaternary nitrogens is 1. The Morgan fingerprint density at radius 1 is 1.25 bits per heavy atom. The van der Waals surface area contributed by atoms with Gasteiger partial charge in [0.25, 0.3) is 5.91 Å². The predicted molar refractivity (Wildman–Crippen MR) is 82.1 cm³/mol. The molecule has 1 fully saturated rings. The molecule has 4 nitrogen and oxygen atoms in total. The highest BCUT2D eigenvalue weighted by Crippen LogP contribution is 2.12. The van der Waals surface area contributed by atoms with Crippen molar-refractivity contribution in [3.05, 3.63) is 30.3 Å². The molecule has 2 rings (SSSR count). The van der Waals surface area contributed by atoms with Crippen molar-refractivity contribution in [3.8, 4) is 0 Å². The summed E-state index contributed by atoms with van der Waals surface area (Å²) in [6.07, 6.45) is 0. The summed E-state index contributed by atoms with van der Waals surface area (Å²) in [4.78, 5) is 15.6. The van der Waals surface area contributed by atoms with E-state index in [-0.39, 0.29) is 5.91 Å². The van der Waals surface area contributed by atoms with E-state index in [9.17, 15) is 4.79 Å². The lowest BCUT2D eigenvalue weighted by Gasteiger charge is -2.33. The van der Waals surface area contributed by atoms with Gasteiger partial charge in [0, 0.05) is 12.2 Å². The van der Waals surface area contributed by atoms with Gasteiger partial charge in [0.2, 0.25) is 0 Å². The predicted octanol–water partition coefficient (Wildman–Crippen LogP) is 0.164. The van der Waals surface area contributed by atoms with E-state index in [1.54, 1.807) is 0 Å². The first-order valence-electron chi connectivity index (χ1n) is 7.55. The number of rotatable bonds is 5. The lowest BCUT2D eigenvalue weighted by atomic mass is 10.2. The molecular formula is C16H26N3O+. The van der Waals surface area contributed by atoms with Gasteiger partial charge >= 0.3 is 0 Å². The number of para-hydroxylation sites is 1. The van der Waals surface area contributed by atoms with Gasteiger partial charge in [-0.3, -0.25) is 4.79 Å². The highest BCUT2D eigenvalue weighted by molar-refractivity contribution is 5.76. The molecule has 0 aliphatic carbocycles. The highest BCUT2D eigenvalue weighted by atomic mass is 16.2. The molecule has 1 heterocycles. The van der Waals surface area contributed by atoms with Gasteiger partial charge in [0.1, 0.15) is 0 Å². The van der Waals surface area contributed by atoms with Crippen LogP contribution >= 0.6 is 0 Å². The normalized spacial score (nSPS) is 16.4. The molecule has 0 atom stereocenters. The zero-order valence-electron chi connectivity index (χ0n) is 12.6. The number of piperazine rings is 1. The van der Waals surface area contributed by atoms with Gasteiger partial charge in [-0.25, -0.2) is 0 Å². The molecule has 0 radical (unpaired) electrons. The molecule has 1 amide bonds. The van der Waals surface area contributed by atoms with Crippen LogP contribution < -0.4 is 15.1 Å². The van der Waals surface area contributed by atoms with Crippen molar-refractivity contribution in [2.45, 2.75) is 13.8 Å². The molecule has 1 aromatic carbocycles. The van der Waals surface area contributed by atoms with Crippen LogP contribution in [0.3, 0.4) is 0 Å². The summed E-state index contributed by atoms with van der Waals surface area (Å²) in [5.41, 5.74) is 1.29. The van der Waals surface area contributed by atoms with Crippen molar-refractivity contribution in [1.82, 2.24) is 5.32 Å². The van der Waals surface area contributed by atoms with Gasteiger partial charge in [-0.05, 0) is 18.1 Å². The van der Waals surface area contributed by atoms with Crippen LogP contribution in [0.2, 0.25) is 0 Å². The average Bonchev–Trinajstić information content (AvgIpc) is 2.47. The Bertz CT molecular complexity index is 411. The number of anilines is 1. The Hall–Kier alpha value is -1.55. The molecule has 1 aliphatic heterocycles. The number of hydrogen-bond donors (Lipinski definition) is 2. The first kappa shape index (κ1) is 14.9. The maximum absolute atomic E-state index is 11.8. The summed E-state index contributed by atoms with van der Waals surface area (Å²) >= 11 is 0. The highest BCUT2D eigenvalue weighted by Gasteiger charge is 2.22. The van der Waals surface area contributed by atoms with Gasteiger partial charge in [-0.2, -0.15) is 0 Å². The standard InChI is InChI=1S/C16H25N3O/c1-14(2)12-17-16(20)13-18-8-10-19(11-9-18)15-6-4-3-5-7-15/h3-7,14H,8-13H2,1-2H3,(H,17,20)/p+1. The van der Waals surface area contributed by atoms with E-state index < -0.39 is 0 Å². The van der Waals surface area contributed by atoms with E-state index in [1.165, 1.54) is 10.6 Å². The largest absolute Gasteiger partial charge is 0.360 e. The van der Waals surface area contributed by atoms with Crippen molar-refractivity contribution >= 4 is 11.6 Å². The third-order valence-corrected chi connectivity index (χ3v) is 3.71. The molecule has 0 saturated carbocycles. The van der Waals surface area contributed by atoms with Crippen molar-refractivity contribution in [2.24, 2.45) is 5.92 Å². The third kappa shape index (κ3) is 4.53. The Morgan fingerprint density at radius 3 is 2.50 bits per heavy atom. The van der Waals surface area contributed by atoms with E-state index in [0.717, 1.165) is 32.7 Å². The van der Waals surface area contributed by atoms with Crippen LogP contribution in [-0.4, -0.2) is 45.2 Å². The maximum atomic E-state index is 11.8. The molecule has 20 heavy (non-hydrogen) atoms. The molecule has 0 aromatic heterocycles. The zero-order valence-corrected chi connectivity index (χ0v) is 12.6. The second-order valence-corrected chi connectivity index (χ2v) is 5.95. The van der Waals surface area contributed by atoms with Gasteiger partial charge in [-0.1, -0.05) is 32.0 Å². The van der Waals surface area contributed by atoms with E-state index in [0.29, 0.717) is 12.5 Å². The van der Waals surface area contributed by atoms with Crippen LogP contribution in [0.25, 0.3) is 0 Å². The average molecular weight is 276 g/mol. The fourth-order valence-corrected chi connectivity index (χ4v) is 2.50. The monoisotopic (exact) mass is 276 g/mol. The van der Waals surface area contributed by atoms with Crippen LogP contribution in [0.4, 0.5) is 5.69 Å². The minimum atomic E-state index is 0.182. The maximum Gasteiger partial charge on any atom is 0.275 e. The molecule has 0 unspecified atom stereocenters. The minimum Gasteiger partial charge on any atom is -0.360 e. The minimum absolute atomic E-state index is 0.182. The van der Waals surface area contributed by atoms with E-state index in [4.69, 9.17) is 0 Å². The number of hydrogen-bond acceptors (Lipinski definition) is 2. The molecule has 2 N–H and O–H groups in total. The first-order chi connectivity index (χ1) is 9.65. The fourth-order valence-electron chi connectivity index (χ4n) is 2.50. The fraction of sp³-hybridized carbons (Fsp3) is 0.562. The SMILES string of the molecule is CC(C)CNC(=O)C[NH+]1CCN(c2ccccc2)CC1. The summed E-state index contributed by atoms with van der Waals surface area (Å²) in [5.74, 6) is 0.700. The van der Waals surface area contributed by atoms with Crippen LogP contribution in [0.5, 0.6) is 0 Å². The van der Waals surface area contributed by atoms with Gasteiger partial charge in [0.15, 0.2) is 6.54 Å². The van der Waals surface area contributed by atoms with Crippen molar-refractivity contribution < 1.29 is 9.69 Å². The Labute approximate surface area is 121 Å². The van der Waals surface area contributed by atoms with Gasteiger partial charge in [-0.15, -0.1) is 0 Å². The van der Waals surface area contributed by atoms with Crippen LogP contribution in [-0.2, 0) is 4.79 Å². The van der Waals surface area contributed by atoms with Crippen molar-refractivity contribution in [2.75, 3.05) is 44.2 Å². The molecule has 4 heteroatoms. The van der Waals surface area contributed by atoms with E-state index in [2.05, 4.69) is 48.3 Å². The van der Waals surface area contributed by atoms with Crippen molar-refractivity contribution in [3.63, 3.8) is 0 Å². The second kappa shape index (κ2) is 7.29. The van der Waals surface area contributed by atoms with Crippen LogP contribution in [0.15, 0.2) is 30.3 Å². The zero-order chi connectivity index (χ0) is 14.4. The number of nitrogens with one attached hydrogen (secondary N) is 2. The van der Waals surface area contributed by atoms with Crippen LogP contribution in [0, 0.1) is 5.92 Å². The van der Waals surface area contributed by atoms with E-state index >= 15 is 0 Å². The number of benzene rings is 1. The number of nitrogens with zero attached hydrogens (tertiary/aromatic N) is 1. The summed E-state index contributed by atoms with van der Waals surface area (Å²) in [6, 6.07) is 10.5. The number of carbonyl (C=O) groups excluding carboxylic acids is 1. The quantitative estimate of drug-likeness (QED) is 0.804. The molecule has 0 spiro atoms. The molecular weight excluding hydrogens is 250 g/mol. The summed E-state index contributed by atoms with van der Waals surface area (Å²) < 4.78 is 0. The molecule has 1 saturated heterocycles. The molecule has 110 valence electrons. The summed E-state index contributed by atoms with van der Waals surface area (Å²) in [5, 5.41) is 3.00. The topological polar surface area (TPSA) is 36.8 Å².